The Hall–Kier alpha value is -4.34. The summed E-state index contributed by atoms with van der Waals surface area (Å²) in [5.74, 6) is -2.24. The molecule has 178 valence electrons. The Kier molecular flexibility index (Phi) is 5.43. The number of esters is 1. The van der Waals surface area contributed by atoms with Gasteiger partial charge in [0.1, 0.15) is 0 Å². The van der Waals surface area contributed by atoms with Crippen molar-refractivity contribution in [1.29, 1.82) is 0 Å². The van der Waals surface area contributed by atoms with Crippen LogP contribution in [0.25, 0.3) is 0 Å². The molecule has 1 aliphatic heterocycles. The predicted molar refractivity (Wildman–Crippen MR) is 123 cm³/mol. The zero-order chi connectivity index (χ0) is 24.9. The normalized spacial score (nSPS) is 24.0. The van der Waals surface area contributed by atoms with Gasteiger partial charge in [0.05, 0.1) is 28.0 Å². The highest BCUT2D eigenvalue weighted by Gasteiger charge is 2.59. The lowest BCUT2D eigenvalue weighted by atomic mass is 9.85. The Morgan fingerprint density at radius 3 is 2.29 bits per heavy atom. The molecule has 2 aromatic rings. The summed E-state index contributed by atoms with van der Waals surface area (Å²) in [6.45, 7) is 0.990. The van der Waals surface area contributed by atoms with Crippen LogP contribution in [0.4, 0.5) is 17.1 Å². The van der Waals surface area contributed by atoms with Crippen LogP contribution < -0.4 is 10.2 Å². The number of anilines is 2. The van der Waals surface area contributed by atoms with E-state index in [9.17, 15) is 29.3 Å². The molecule has 2 bridgehead atoms. The van der Waals surface area contributed by atoms with Gasteiger partial charge in [-0.05, 0) is 55.5 Å². The van der Waals surface area contributed by atoms with E-state index in [2.05, 4.69) is 5.32 Å². The van der Waals surface area contributed by atoms with Crippen molar-refractivity contribution in [1.82, 2.24) is 0 Å². The number of hydrogen-bond acceptors (Lipinski definition) is 7. The average Bonchev–Trinajstić information content (AvgIpc) is 3.52. The molecule has 4 atom stereocenters. The molecule has 0 radical (unpaired) electrons. The van der Waals surface area contributed by atoms with Crippen molar-refractivity contribution in [2.24, 2.45) is 23.7 Å². The van der Waals surface area contributed by atoms with Crippen molar-refractivity contribution in [3.05, 3.63) is 75.9 Å². The highest BCUT2D eigenvalue weighted by Crippen LogP contribution is 2.53. The average molecular weight is 475 g/mol. The lowest BCUT2D eigenvalue weighted by Crippen LogP contribution is -2.32. The third kappa shape index (κ3) is 3.86. The van der Waals surface area contributed by atoms with Crippen LogP contribution in [-0.4, -0.2) is 35.2 Å². The van der Waals surface area contributed by atoms with E-state index in [1.165, 1.54) is 47.4 Å². The van der Waals surface area contributed by atoms with Gasteiger partial charge in [-0.25, -0.2) is 4.79 Å². The quantitative estimate of drug-likeness (QED) is 0.223. The van der Waals surface area contributed by atoms with Crippen molar-refractivity contribution in [2.75, 3.05) is 16.8 Å². The number of aryl methyl sites for hydroxylation is 1. The molecule has 1 N–H and O–H groups in total. The molecule has 2 fully saturated rings. The van der Waals surface area contributed by atoms with Gasteiger partial charge in [0.2, 0.25) is 11.8 Å². The van der Waals surface area contributed by atoms with E-state index in [1.54, 1.807) is 6.92 Å². The van der Waals surface area contributed by atoms with Crippen molar-refractivity contribution in [3.63, 3.8) is 0 Å². The zero-order valence-electron chi connectivity index (χ0n) is 18.7. The number of nitrogens with zero attached hydrogens (tertiary/aromatic N) is 2. The molecule has 1 heterocycles. The summed E-state index contributed by atoms with van der Waals surface area (Å²) in [5.41, 5.74) is 1.06. The van der Waals surface area contributed by atoms with E-state index in [1.807, 2.05) is 12.2 Å². The van der Waals surface area contributed by atoms with E-state index in [0.29, 0.717) is 11.3 Å². The first-order chi connectivity index (χ1) is 16.7. The largest absolute Gasteiger partial charge is 0.452 e. The van der Waals surface area contributed by atoms with Gasteiger partial charge in [-0.2, -0.15) is 0 Å². The molecule has 5 rings (SSSR count). The van der Waals surface area contributed by atoms with Gasteiger partial charge in [-0.1, -0.05) is 18.2 Å². The molecule has 3 amide bonds. The van der Waals surface area contributed by atoms with E-state index in [0.717, 1.165) is 6.42 Å². The lowest BCUT2D eigenvalue weighted by Gasteiger charge is -2.17. The molecule has 0 unspecified atom stereocenters. The van der Waals surface area contributed by atoms with Crippen molar-refractivity contribution in [2.45, 2.75) is 13.3 Å². The van der Waals surface area contributed by atoms with E-state index < -0.39 is 23.4 Å². The molecule has 2 aliphatic carbocycles. The van der Waals surface area contributed by atoms with Gasteiger partial charge in [0.25, 0.3) is 11.6 Å². The Bertz CT molecular complexity index is 1270. The number of hydrogen-bond donors (Lipinski definition) is 1. The number of carbonyl (C=O) groups excluding carboxylic acids is 4. The summed E-state index contributed by atoms with van der Waals surface area (Å²) in [6.07, 6.45) is 4.89. The van der Waals surface area contributed by atoms with E-state index >= 15 is 0 Å². The summed E-state index contributed by atoms with van der Waals surface area (Å²) >= 11 is 0. The third-order valence-electron chi connectivity index (χ3n) is 6.86. The molecule has 0 spiro atoms. The second kappa shape index (κ2) is 8.46. The molecule has 10 nitrogen and oxygen atoms in total. The molecular weight excluding hydrogens is 454 g/mol. The van der Waals surface area contributed by atoms with E-state index in [-0.39, 0.29) is 52.4 Å². The van der Waals surface area contributed by atoms with Gasteiger partial charge in [-0.15, -0.1) is 0 Å². The maximum absolute atomic E-state index is 12.9. The smallest absolute Gasteiger partial charge is 0.338 e. The third-order valence-corrected chi connectivity index (χ3v) is 6.86. The lowest BCUT2D eigenvalue weighted by molar-refractivity contribution is -0.385. The fourth-order valence-electron chi connectivity index (χ4n) is 5.20. The fourth-order valence-corrected chi connectivity index (χ4v) is 5.20. The first kappa shape index (κ1) is 22.5. The summed E-state index contributed by atoms with van der Waals surface area (Å²) in [5, 5.41) is 13.5. The Labute approximate surface area is 199 Å². The maximum Gasteiger partial charge on any atom is 0.338 e. The fraction of sp³-hybridized carbons (Fsp3) is 0.280. The second-order valence-corrected chi connectivity index (χ2v) is 8.94. The van der Waals surface area contributed by atoms with Crippen molar-refractivity contribution < 1.29 is 28.8 Å². The molecule has 2 aromatic carbocycles. The Morgan fingerprint density at radius 1 is 1.06 bits per heavy atom. The van der Waals surface area contributed by atoms with Crippen LogP contribution in [0.2, 0.25) is 0 Å². The van der Waals surface area contributed by atoms with Gasteiger partial charge >= 0.3 is 5.97 Å². The summed E-state index contributed by atoms with van der Waals surface area (Å²) in [7, 11) is 0. The first-order valence-corrected chi connectivity index (χ1v) is 11.1. The monoisotopic (exact) mass is 475 g/mol. The molecule has 1 saturated carbocycles. The number of imide groups is 1. The molecular formula is C25H21N3O7. The Balaban J connectivity index is 1.19. The first-order valence-electron chi connectivity index (χ1n) is 11.1. The number of nitrogens with one attached hydrogen (secondary N) is 1. The number of carbonyl (C=O) groups is 4. The number of ether oxygens (including phenoxy) is 1. The van der Waals surface area contributed by atoms with Crippen LogP contribution in [0.3, 0.4) is 0 Å². The number of nitro groups is 1. The minimum absolute atomic E-state index is 0.109. The number of amides is 3. The summed E-state index contributed by atoms with van der Waals surface area (Å²) in [4.78, 5) is 62.0. The Morgan fingerprint density at radius 2 is 1.69 bits per heavy atom. The summed E-state index contributed by atoms with van der Waals surface area (Å²) in [6, 6.07) is 10.1. The van der Waals surface area contributed by atoms with Gasteiger partial charge in [0, 0.05) is 17.3 Å². The number of allylic oxidation sites excluding steroid dienone is 2. The van der Waals surface area contributed by atoms with Crippen LogP contribution in [-0.2, 0) is 19.1 Å². The van der Waals surface area contributed by atoms with Crippen LogP contribution in [0.15, 0.2) is 54.6 Å². The number of nitro benzene ring substituents is 1. The van der Waals surface area contributed by atoms with Crippen molar-refractivity contribution in [3.8, 4) is 0 Å². The molecule has 10 heteroatoms. The summed E-state index contributed by atoms with van der Waals surface area (Å²) < 4.78 is 5.03. The van der Waals surface area contributed by atoms with Gasteiger partial charge < -0.3 is 10.1 Å². The molecule has 0 aromatic heterocycles. The van der Waals surface area contributed by atoms with E-state index in [4.69, 9.17) is 4.74 Å². The minimum atomic E-state index is -0.764. The van der Waals surface area contributed by atoms with Crippen LogP contribution in [0, 0.1) is 40.7 Å². The van der Waals surface area contributed by atoms with Crippen LogP contribution >= 0.6 is 0 Å². The number of benzene rings is 2. The standard InChI is InChI=1S/C25H21N3O7/c1-13-2-7-17(11-19(13)28(33)34)26-20(29)12-35-25(32)14-5-8-18(9-6-14)27-23(30)21-15-3-4-16(10-15)22(21)24(27)31/h2-9,11,15-16,21-22H,10,12H2,1H3,(H,26,29)/t15-,16-,21-,22+/m0/s1. The van der Waals surface area contributed by atoms with Crippen LogP contribution in [0.5, 0.6) is 0 Å². The highest BCUT2D eigenvalue weighted by molar-refractivity contribution is 6.22. The number of rotatable bonds is 6. The predicted octanol–water partition coefficient (Wildman–Crippen LogP) is 3.01. The molecule has 1 saturated heterocycles. The van der Waals surface area contributed by atoms with Gasteiger partial charge in [-0.3, -0.25) is 29.4 Å². The maximum atomic E-state index is 12.9. The molecule has 35 heavy (non-hydrogen) atoms. The van der Waals surface area contributed by atoms with Crippen LogP contribution in [0.1, 0.15) is 22.3 Å². The number of fused-ring (bicyclic) bond motifs is 5. The topological polar surface area (TPSA) is 136 Å². The zero-order valence-corrected chi connectivity index (χ0v) is 18.7. The minimum Gasteiger partial charge on any atom is -0.452 e. The highest BCUT2D eigenvalue weighted by atomic mass is 16.6. The van der Waals surface area contributed by atoms with Gasteiger partial charge in [0.15, 0.2) is 6.61 Å². The van der Waals surface area contributed by atoms with Crippen molar-refractivity contribution >= 4 is 40.8 Å². The second-order valence-electron chi connectivity index (χ2n) is 8.94. The SMILES string of the molecule is Cc1ccc(NC(=O)COC(=O)c2ccc(N3C(=O)[C@@H]4[C@H](C3=O)[C@H]3C=C[C@H]4C3)cc2)cc1[N+](=O)[O-]. The molecule has 3 aliphatic rings.